The van der Waals surface area contributed by atoms with E-state index in [-0.39, 0.29) is 12.0 Å². The summed E-state index contributed by atoms with van der Waals surface area (Å²) < 4.78 is 10.7. The number of ether oxygens (including phenoxy) is 1. The number of amides is 1. The molecule has 1 aromatic heterocycles. The van der Waals surface area contributed by atoms with Crippen LogP contribution in [-0.4, -0.2) is 41.3 Å². The Morgan fingerprint density at radius 2 is 2.35 bits per heavy atom. The predicted octanol–water partition coefficient (Wildman–Crippen LogP) is 1.23. The van der Waals surface area contributed by atoms with E-state index in [0.29, 0.717) is 30.0 Å². The monoisotopic (exact) mass is 236 g/mol. The Kier molecular flexibility index (Phi) is 2.43. The Morgan fingerprint density at radius 3 is 3.00 bits per heavy atom. The highest BCUT2D eigenvalue weighted by Crippen LogP contribution is 2.33. The molecule has 0 aliphatic carbocycles. The molecular formula is C12H16N2O3. The minimum Gasteiger partial charge on any atom is -0.373 e. The third-order valence-electron chi connectivity index (χ3n) is 3.56. The van der Waals surface area contributed by atoms with Crippen LogP contribution in [0.1, 0.15) is 29.6 Å². The molecule has 1 aromatic rings. The van der Waals surface area contributed by atoms with Crippen molar-refractivity contribution in [1.29, 1.82) is 0 Å². The van der Waals surface area contributed by atoms with Crippen molar-refractivity contribution in [3.8, 4) is 0 Å². The lowest BCUT2D eigenvalue weighted by Crippen LogP contribution is -2.31. The zero-order valence-corrected chi connectivity index (χ0v) is 10.0. The summed E-state index contributed by atoms with van der Waals surface area (Å²) in [7, 11) is 0. The summed E-state index contributed by atoms with van der Waals surface area (Å²) in [6, 6.07) is 1.68. The van der Waals surface area contributed by atoms with Crippen molar-refractivity contribution in [3.05, 3.63) is 17.5 Å². The van der Waals surface area contributed by atoms with Crippen LogP contribution in [0, 0.1) is 12.8 Å². The van der Waals surface area contributed by atoms with Crippen LogP contribution in [-0.2, 0) is 4.74 Å². The van der Waals surface area contributed by atoms with Gasteiger partial charge in [0.15, 0.2) is 5.69 Å². The summed E-state index contributed by atoms with van der Waals surface area (Å²) in [6.45, 7) is 5.33. The van der Waals surface area contributed by atoms with E-state index in [1.165, 1.54) is 0 Å². The van der Waals surface area contributed by atoms with Gasteiger partial charge < -0.3 is 14.2 Å². The zero-order chi connectivity index (χ0) is 12.0. The van der Waals surface area contributed by atoms with E-state index in [2.05, 4.69) is 12.1 Å². The topological polar surface area (TPSA) is 55.6 Å². The van der Waals surface area contributed by atoms with Crippen LogP contribution in [0.4, 0.5) is 0 Å². The zero-order valence-electron chi connectivity index (χ0n) is 10.0. The van der Waals surface area contributed by atoms with E-state index in [1.807, 2.05) is 4.90 Å². The fourth-order valence-corrected chi connectivity index (χ4v) is 2.80. The molecule has 0 radical (unpaired) electrons. The molecule has 3 heterocycles. The maximum absolute atomic E-state index is 12.1. The summed E-state index contributed by atoms with van der Waals surface area (Å²) in [4.78, 5) is 13.9. The van der Waals surface area contributed by atoms with Gasteiger partial charge in [0.1, 0.15) is 5.76 Å². The second-order valence-corrected chi connectivity index (χ2v) is 5.01. The number of nitrogens with zero attached hydrogens (tertiary/aromatic N) is 2. The first kappa shape index (κ1) is 10.8. The van der Waals surface area contributed by atoms with Crippen molar-refractivity contribution in [2.75, 3.05) is 13.1 Å². The molecule has 0 N–H and O–H groups in total. The third-order valence-corrected chi connectivity index (χ3v) is 3.56. The molecule has 0 aromatic carbocycles. The van der Waals surface area contributed by atoms with Gasteiger partial charge in [-0.15, -0.1) is 0 Å². The number of likely N-dealkylation sites (tertiary alicyclic amines) is 1. The molecule has 17 heavy (non-hydrogen) atoms. The SMILES string of the molecule is Cc1cc(C(=O)N2C[C@@H]3C[C@@H](C)O[C@@H]3C2)no1. The molecule has 0 saturated carbocycles. The summed E-state index contributed by atoms with van der Waals surface area (Å²) >= 11 is 0. The number of fused-ring (bicyclic) bond motifs is 1. The fourth-order valence-electron chi connectivity index (χ4n) is 2.80. The summed E-state index contributed by atoms with van der Waals surface area (Å²) in [5, 5.41) is 3.76. The molecule has 3 rings (SSSR count). The van der Waals surface area contributed by atoms with Gasteiger partial charge in [-0.25, -0.2) is 0 Å². The van der Waals surface area contributed by atoms with Gasteiger partial charge in [0.2, 0.25) is 0 Å². The van der Waals surface area contributed by atoms with Gasteiger partial charge in [-0.1, -0.05) is 5.16 Å². The highest BCUT2D eigenvalue weighted by Gasteiger charge is 2.42. The smallest absolute Gasteiger partial charge is 0.276 e. The molecule has 92 valence electrons. The molecule has 2 aliphatic heterocycles. The number of carbonyl (C=O) groups is 1. The molecule has 2 aliphatic rings. The van der Waals surface area contributed by atoms with Crippen LogP contribution in [0.25, 0.3) is 0 Å². The van der Waals surface area contributed by atoms with Crippen molar-refractivity contribution in [1.82, 2.24) is 10.1 Å². The molecule has 3 atom stereocenters. The van der Waals surface area contributed by atoms with Gasteiger partial charge in [0, 0.05) is 25.1 Å². The maximum atomic E-state index is 12.1. The first-order chi connectivity index (χ1) is 8.13. The van der Waals surface area contributed by atoms with Crippen LogP contribution in [0.5, 0.6) is 0 Å². The average Bonchev–Trinajstić information content (AvgIpc) is 2.90. The highest BCUT2D eigenvalue weighted by atomic mass is 16.5. The normalized spacial score (nSPS) is 31.9. The van der Waals surface area contributed by atoms with E-state index in [9.17, 15) is 4.79 Å². The number of hydrogen-bond acceptors (Lipinski definition) is 4. The quantitative estimate of drug-likeness (QED) is 0.736. The van der Waals surface area contributed by atoms with Gasteiger partial charge in [-0.05, 0) is 20.3 Å². The van der Waals surface area contributed by atoms with Gasteiger partial charge in [-0.2, -0.15) is 0 Å². The first-order valence-corrected chi connectivity index (χ1v) is 6.01. The Morgan fingerprint density at radius 1 is 1.53 bits per heavy atom. The van der Waals surface area contributed by atoms with Crippen molar-refractivity contribution < 1.29 is 14.1 Å². The van der Waals surface area contributed by atoms with Gasteiger partial charge in [-0.3, -0.25) is 4.79 Å². The fraction of sp³-hybridized carbons (Fsp3) is 0.667. The molecule has 2 fully saturated rings. The lowest BCUT2D eigenvalue weighted by Gasteiger charge is -2.16. The van der Waals surface area contributed by atoms with Crippen LogP contribution >= 0.6 is 0 Å². The van der Waals surface area contributed by atoms with Crippen LogP contribution in [0.3, 0.4) is 0 Å². The number of rotatable bonds is 1. The Bertz CT molecular complexity index is 429. The molecule has 2 saturated heterocycles. The molecule has 5 heteroatoms. The van der Waals surface area contributed by atoms with Gasteiger partial charge in [0.05, 0.1) is 12.2 Å². The number of carbonyl (C=O) groups excluding carboxylic acids is 1. The summed E-state index contributed by atoms with van der Waals surface area (Å²) in [5.74, 6) is 1.10. The highest BCUT2D eigenvalue weighted by molar-refractivity contribution is 5.92. The summed E-state index contributed by atoms with van der Waals surface area (Å²) in [6.07, 6.45) is 1.59. The third kappa shape index (κ3) is 1.84. The lowest BCUT2D eigenvalue weighted by atomic mass is 10.0. The number of aromatic nitrogens is 1. The standard InChI is InChI=1S/C12H16N2O3/c1-7-3-9-5-14(6-11(9)16-7)12(15)10-4-8(2)17-13-10/h4,7,9,11H,3,5-6H2,1-2H3/t7-,9+,11-/m1/s1. The Balaban J connectivity index is 1.70. The van der Waals surface area contributed by atoms with E-state index in [0.717, 1.165) is 13.0 Å². The van der Waals surface area contributed by atoms with Crippen molar-refractivity contribution in [2.24, 2.45) is 5.92 Å². The summed E-state index contributed by atoms with van der Waals surface area (Å²) in [5.41, 5.74) is 0.399. The molecule has 0 unspecified atom stereocenters. The Labute approximate surface area is 99.7 Å². The number of hydrogen-bond donors (Lipinski definition) is 0. The number of aryl methyl sites for hydroxylation is 1. The molecular weight excluding hydrogens is 220 g/mol. The van der Waals surface area contributed by atoms with Crippen molar-refractivity contribution in [3.63, 3.8) is 0 Å². The minimum atomic E-state index is -0.0486. The van der Waals surface area contributed by atoms with Crippen molar-refractivity contribution in [2.45, 2.75) is 32.5 Å². The van der Waals surface area contributed by atoms with Gasteiger partial charge in [0.25, 0.3) is 5.91 Å². The maximum Gasteiger partial charge on any atom is 0.276 e. The average molecular weight is 236 g/mol. The van der Waals surface area contributed by atoms with E-state index in [4.69, 9.17) is 9.26 Å². The van der Waals surface area contributed by atoms with Crippen LogP contribution in [0.15, 0.2) is 10.6 Å². The molecule has 5 nitrogen and oxygen atoms in total. The minimum absolute atomic E-state index is 0.0486. The molecule has 0 spiro atoms. The first-order valence-electron chi connectivity index (χ1n) is 6.01. The lowest BCUT2D eigenvalue weighted by molar-refractivity contribution is 0.0440. The second kappa shape index (κ2) is 3.84. The van der Waals surface area contributed by atoms with Gasteiger partial charge >= 0.3 is 0 Å². The molecule has 1 amide bonds. The van der Waals surface area contributed by atoms with E-state index in [1.54, 1.807) is 13.0 Å². The van der Waals surface area contributed by atoms with Crippen LogP contribution in [0.2, 0.25) is 0 Å². The second-order valence-electron chi connectivity index (χ2n) is 5.01. The Hall–Kier alpha value is -1.36. The molecule has 0 bridgehead atoms. The van der Waals surface area contributed by atoms with E-state index >= 15 is 0 Å². The van der Waals surface area contributed by atoms with Crippen LogP contribution < -0.4 is 0 Å². The largest absolute Gasteiger partial charge is 0.373 e. The van der Waals surface area contributed by atoms with E-state index < -0.39 is 0 Å². The predicted molar refractivity (Wildman–Crippen MR) is 59.6 cm³/mol. The van der Waals surface area contributed by atoms with Crippen molar-refractivity contribution >= 4 is 5.91 Å².